The van der Waals surface area contributed by atoms with Crippen LogP contribution in [-0.2, 0) is 6.54 Å². The van der Waals surface area contributed by atoms with Gasteiger partial charge < -0.3 is 10.1 Å². The van der Waals surface area contributed by atoms with E-state index in [1.807, 2.05) is 0 Å². The van der Waals surface area contributed by atoms with Crippen molar-refractivity contribution in [3.8, 4) is 18.1 Å². The second-order valence-corrected chi connectivity index (χ2v) is 3.99. The van der Waals surface area contributed by atoms with Crippen LogP contribution < -0.4 is 10.1 Å². The molecule has 0 aliphatic rings. The largest absolute Gasteiger partial charge is 0.573 e. The van der Waals surface area contributed by atoms with Gasteiger partial charge >= 0.3 is 6.36 Å². The molecule has 0 heterocycles. The molecule has 5 heteroatoms. The summed E-state index contributed by atoms with van der Waals surface area (Å²) in [5, 5.41) is 3.07. The molecule has 1 N–H and O–H groups in total. The predicted octanol–water partition coefficient (Wildman–Crippen LogP) is 3.48. The Kier molecular flexibility index (Phi) is 6.23. The molecule has 0 saturated heterocycles. The van der Waals surface area contributed by atoms with Gasteiger partial charge in [0.2, 0.25) is 0 Å². The summed E-state index contributed by atoms with van der Waals surface area (Å²) in [6.45, 7) is 1.05. The number of benzene rings is 1. The maximum absolute atomic E-state index is 12.2. The zero-order chi connectivity index (χ0) is 14.1. The van der Waals surface area contributed by atoms with Crippen molar-refractivity contribution in [2.75, 3.05) is 6.54 Å². The molecule has 0 amide bonds. The molecule has 1 aromatic rings. The lowest BCUT2D eigenvalue weighted by atomic mass is 10.2. The van der Waals surface area contributed by atoms with Crippen LogP contribution in [0.5, 0.6) is 5.75 Å². The third-order valence-corrected chi connectivity index (χ3v) is 2.44. The standard InChI is InChI=1S/C14H16F3NO/c1-2-3-4-7-10-18-11-12-8-5-6-9-13(12)19-14(15,16)17/h1,5-6,8-9,18H,3-4,7,10-11H2. The number of halogens is 3. The highest BCUT2D eigenvalue weighted by Gasteiger charge is 2.31. The highest BCUT2D eigenvalue weighted by molar-refractivity contribution is 5.33. The smallest absolute Gasteiger partial charge is 0.405 e. The summed E-state index contributed by atoms with van der Waals surface area (Å²) >= 11 is 0. The fourth-order valence-corrected chi connectivity index (χ4v) is 1.57. The second kappa shape index (κ2) is 7.70. The minimum Gasteiger partial charge on any atom is -0.405 e. The average Bonchev–Trinajstić information content (AvgIpc) is 2.33. The van der Waals surface area contributed by atoms with Crippen molar-refractivity contribution >= 4 is 0 Å². The number of alkyl halides is 3. The maximum atomic E-state index is 12.2. The summed E-state index contributed by atoms with van der Waals surface area (Å²) < 4.78 is 40.5. The third kappa shape index (κ3) is 6.73. The Morgan fingerprint density at radius 1 is 1.21 bits per heavy atom. The molecular weight excluding hydrogens is 255 g/mol. The average molecular weight is 271 g/mol. The normalized spacial score (nSPS) is 11.1. The van der Waals surface area contributed by atoms with Crippen LogP contribution in [0.4, 0.5) is 13.2 Å². The van der Waals surface area contributed by atoms with E-state index < -0.39 is 6.36 Å². The lowest BCUT2D eigenvalue weighted by Gasteiger charge is -2.13. The van der Waals surface area contributed by atoms with Gasteiger partial charge in [-0.1, -0.05) is 18.2 Å². The quantitative estimate of drug-likeness (QED) is 0.605. The second-order valence-electron chi connectivity index (χ2n) is 3.99. The summed E-state index contributed by atoms with van der Waals surface area (Å²) in [5.41, 5.74) is 0.483. The summed E-state index contributed by atoms with van der Waals surface area (Å²) in [5.74, 6) is 2.38. The van der Waals surface area contributed by atoms with E-state index in [2.05, 4.69) is 16.0 Å². The first-order valence-corrected chi connectivity index (χ1v) is 6.01. The van der Waals surface area contributed by atoms with Gasteiger partial charge in [0.05, 0.1) is 0 Å². The number of rotatable bonds is 7. The fraction of sp³-hybridized carbons (Fsp3) is 0.429. The third-order valence-electron chi connectivity index (χ3n) is 2.44. The van der Waals surface area contributed by atoms with Gasteiger partial charge in [-0.05, 0) is 25.5 Å². The molecule has 0 unspecified atom stereocenters. The Balaban J connectivity index is 2.43. The SMILES string of the molecule is C#CCCCCNCc1ccccc1OC(F)(F)F. The molecule has 0 fully saturated rings. The lowest BCUT2D eigenvalue weighted by molar-refractivity contribution is -0.274. The van der Waals surface area contributed by atoms with E-state index in [1.165, 1.54) is 12.1 Å². The summed E-state index contributed by atoms with van der Waals surface area (Å²) in [6, 6.07) is 6.11. The van der Waals surface area contributed by atoms with E-state index in [0.29, 0.717) is 18.7 Å². The lowest BCUT2D eigenvalue weighted by Crippen LogP contribution is -2.20. The molecule has 1 aromatic carbocycles. The Morgan fingerprint density at radius 3 is 2.63 bits per heavy atom. The van der Waals surface area contributed by atoms with E-state index in [4.69, 9.17) is 6.42 Å². The highest BCUT2D eigenvalue weighted by atomic mass is 19.4. The van der Waals surface area contributed by atoms with Crippen LogP contribution in [0.25, 0.3) is 0 Å². The van der Waals surface area contributed by atoms with Crippen LogP contribution in [-0.4, -0.2) is 12.9 Å². The molecule has 0 atom stereocenters. The first-order valence-electron chi connectivity index (χ1n) is 6.01. The molecule has 104 valence electrons. The highest BCUT2D eigenvalue weighted by Crippen LogP contribution is 2.25. The van der Waals surface area contributed by atoms with Crippen LogP contribution in [0.2, 0.25) is 0 Å². The van der Waals surface area contributed by atoms with Crippen LogP contribution in [0.3, 0.4) is 0 Å². The van der Waals surface area contributed by atoms with E-state index in [1.54, 1.807) is 12.1 Å². The summed E-state index contributed by atoms with van der Waals surface area (Å²) in [7, 11) is 0. The van der Waals surface area contributed by atoms with Crippen LogP contribution in [0.15, 0.2) is 24.3 Å². The molecular formula is C14H16F3NO. The minimum absolute atomic E-state index is 0.161. The monoisotopic (exact) mass is 271 g/mol. The molecule has 0 bridgehead atoms. The van der Waals surface area contributed by atoms with Crippen molar-refractivity contribution in [1.82, 2.24) is 5.32 Å². The molecule has 0 spiro atoms. The van der Waals surface area contributed by atoms with Crippen molar-refractivity contribution in [2.45, 2.75) is 32.2 Å². The van der Waals surface area contributed by atoms with Gasteiger partial charge in [0, 0.05) is 18.5 Å². The Morgan fingerprint density at radius 2 is 1.95 bits per heavy atom. The number of terminal acetylenes is 1. The van der Waals surface area contributed by atoms with Crippen LogP contribution in [0, 0.1) is 12.3 Å². The first-order chi connectivity index (χ1) is 9.03. The zero-order valence-corrected chi connectivity index (χ0v) is 10.5. The number of hydrogen-bond donors (Lipinski definition) is 1. The van der Waals surface area contributed by atoms with Gasteiger partial charge in [0.15, 0.2) is 0 Å². The molecule has 0 saturated carbocycles. The Bertz CT molecular complexity index is 423. The number of ether oxygens (including phenoxy) is 1. The summed E-state index contributed by atoms with van der Waals surface area (Å²) in [6.07, 6.45) is 2.98. The van der Waals surface area contributed by atoms with Gasteiger partial charge in [0.25, 0.3) is 0 Å². The van der Waals surface area contributed by atoms with E-state index in [9.17, 15) is 13.2 Å². The van der Waals surface area contributed by atoms with Gasteiger partial charge in [-0.25, -0.2) is 0 Å². The van der Waals surface area contributed by atoms with Gasteiger partial charge in [-0.3, -0.25) is 0 Å². The number of nitrogens with one attached hydrogen (secondary N) is 1. The maximum Gasteiger partial charge on any atom is 0.573 e. The van der Waals surface area contributed by atoms with Crippen molar-refractivity contribution < 1.29 is 17.9 Å². The van der Waals surface area contributed by atoms with Crippen molar-refractivity contribution in [3.05, 3.63) is 29.8 Å². The van der Waals surface area contributed by atoms with E-state index >= 15 is 0 Å². The van der Waals surface area contributed by atoms with Gasteiger partial charge in [0.1, 0.15) is 5.75 Å². The zero-order valence-electron chi connectivity index (χ0n) is 10.5. The molecule has 0 aromatic heterocycles. The molecule has 19 heavy (non-hydrogen) atoms. The number of unbranched alkanes of at least 4 members (excludes halogenated alkanes) is 2. The van der Waals surface area contributed by atoms with E-state index in [0.717, 1.165) is 19.3 Å². The van der Waals surface area contributed by atoms with Crippen LogP contribution in [0.1, 0.15) is 24.8 Å². The molecule has 1 rings (SSSR count). The van der Waals surface area contributed by atoms with Crippen LogP contribution >= 0.6 is 0 Å². The Labute approximate surface area is 111 Å². The number of para-hydroxylation sites is 1. The molecule has 0 aliphatic carbocycles. The van der Waals surface area contributed by atoms with Crippen molar-refractivity contribution in [3.63, 3.8) is 0 Å². The van der Waals surface area contributed by atoms with Gasteiger partial charge in [-0.2, -0.15) is 0 Å². The van der Waals surface area contributed by atoms with Crippen molar-refractivity contribution in [1.29, 1.82) is 0 Å². The van der Waals surface area contributed by atoms with Gasteiger partial charge in [-0.15, -0.1) is 25.5 Å². The first kappa shape index (κ1) is 15.4. The molecule has 2 nitrogen and oxygen atoms in total. The predicted molar refractivity (Wildman–Crippen MR) is 67.5 cm³/mol. The number of hydrogen-bond acceptors (Lipinski definition) is 2. The van der Waals surface area contributed by atoms with Crippen molar-refractivity contribution in [2.24, 2.45) is 0 Å². The summed E-state index contributed by atoms with van der Waals surface area (Å²) in [4.78, 5) is 0. The minimum atomic E-state index is -4.66. The molecule has 0 radical (unpaired) electrons. The van der Waals surface area contributed by atoms with E-state index in [-0.39, 0.29) is 5.75 Å². The fourth-order valence-electron chi connectivity index (χ4n) is 1.57. The molecule has 0 aliphatic heterocycles. The topological polar surface area (TPSA) is 21.3 Å². The Hall–Kier alpha value is -1.67.